The van der Waals surface area contributed by atoms with Crippen LogP contribution in [0.2, 0.25) is 0 Å². The molecule has 1 fully saturated rings. The summed E-state index contributed by atoms with van der Waals surface area (Å²) >= 11 is 0. The second-order valence-electron chi connectivity index (χ2n) is 5.14. The molecular weight excluding hydrogens is 216 g/mol. The second-order valence-corrected chi connectivity index (χ2v) is 5.14. The third-order valence-electron chi connectivity index (χ3n) is 3.57. The van der Waals surface area contributed by atoms with Crippen molar-refractivity contribution in [3.8, 4) is 0 Å². The molecule has 3 N–H and O–H groups in total. The summed E-state index contributed by atoms with van der Waals surface area (Å²) in [5.41, 5.74) is 5.96. The van der Waals surface area contributed by atoms with Crippen LogP contribution < -0.4 is 11.1 Å². The molecule has 0 aromatic rings. The summed E-state index contributed by atoms with van der Waals surface area (Å²) in [6, 6.07) is 0.268. The first-order chi connectivity index (χ1) is 8.09. The van der Waals surface area contributed by atoms with Gasteiger partial charge in [-0.25, -0.2) is 0 Å². The summed E-state index contributed by atoms with van der Waals surface area (Å²) < 4.78 is 5.44. The molecule has 17 heavy (non-hydrogen) atoms. The summed E-state index contributed by atoms with van der Waals surface area (Å²) in [6.45, 7) is 4.78. The number of amides is 1. The van der Waals surface area contributed by atoms with Crippen LogP contribution in [0, 0.1) is 0 Å². The second kappa shape index (κ2) is 6.97. The fourth-order valence-electron chi connectivity index (χ4n) is 2.33. The molecule has 1 aliphatic rings. The molecule has 0 radical (unpaired) electrons. The first-order valence-corrected chi connectivity index (χ1v) is 6.75. The molecule has 0 aromatic carbocycles. The molecule has 4 heteroatoms. The Morgan fingerprint density at radius 2 is 1.94 bits per heavy atom. The van der Waals surface area contributed by atoms with Gasteiger partial charge in [0.2, 0.25) is 5.91 Å². The molecule has 0 atom stereocenters. The number of rotatable bonds is 7. The SMILES string of the molecule is CCC(CC)NC(=O)COCC1(N)CCCC1. The van der Waals surface area contributed by atoms with Crippen LogP contribution in [-0.4, -0.2) is 30.7 Å². The summed E-state index contributed by atoms with van der Waals surface area (Å²) in [6.07, 6.45) is 6.31. The number of nitrogens with two attached hydrogens (primary N) is 1. The monoisotopic (exact) mass is 242 g/mol. The van der Waals surface area contributed by atoms with Gasteiger partial charge in [0.05, 0.1) is 6.61 Å². The molecule has 1 rings (SSSR count). The first-order valence-electron chi connectivity index (χ1n) is 6.75. The normalized spacial score (nSPS) is 18.6. The van der Waals surface area contributed by atoms with Crippen LogP contribution in [0.15, 0.2) is 0 Å². The van der Waals surface area contributed by atoms with Crippen LogP contribution in [0.1, 0.15) is 52.4 Å². The lowest BCUT2D eigenvalue weighted by atomic mass is 10.0. The van der Waals surface area contributed by atoms with E-state index in [4.69, 9.17) is 10.5 Å². The highest BCUT2D eigenvalue weighted by Gasteiger charge is 2.29. The highest BCUT2D eigenvalue weighted by atomic mass is 16.5. The van der Waals surface area contributed by atoms with Crippen molar-refractivity contribution in [3.05, 3.63) is 0 Å². The molecular formula is C13H26N2O2. The van der Waals surface area contributed by atoms with E-state index in [1.165, 1.54) is 12.8 Å². The van der Waals surface area contributed by atoms with Gasteiger partial charge in [-0.3, -0.25) is 4.79 Å². The number of carbonyl (C=O) groups is 1. The number of hydrogen-bond acceptors (Lipinski definition) is 3. The molecule has 0 saturated heterocycles. The largest absolute Gasteiger partial charge is 0.370 e. The standard InChI is InChI=1S/C13H26N2O2/c1-3-11(4-2)15-12(16)9-17-10-13(14)7-5-6-8-13/h11H,3-10,14H2,1-2H3,(H,15,16). The van der Waals surface area contributed by atoms with Crippen LogP contribution in [0.3, 0.4) is 0 Å². The Balaban J connectivity index is 2.15. The third kappa shape index (κ3) is 5.04. The number of hydrogen-bond donors (Lipinski definition) is 2. The highest BCUT2D eigenvalue weighted by Crippen LogP contribution is 2.27. The fourth-order valence-corrected chi connectivity index (χ4v) is 2.33. The highest BCUT2D eigenvalue weighted by molar-refractivity contribution is 5.77. The van der Waals surface area contributed by atoms with Gasteiger partial charge in [0.1, 0.15) is 6.61 Å². The Morgan fingerprint density at radius 3 is 2.47 bits per heavy atom. The van der Waals surface area contributed by atoms with E-state index in [2.05, 4.69) is 19.2 Å². The van der Waals surface area contributed by atoms with E-state index in [1.807, 2.05) is 0 Å². The number of ether oxygens (including phenoxy) is 1. The Hall–Kier alpha value is -0.610. The molecule has 4 nitrogen and oxygen atoms in total. The van der Waals surface area contributed by atoms with Crippen molar-refractivity contribution >= 4 is 5.91 Å². The van der Waals surface area contributed by atoms with Gasteiger partial charge in [0.25, 0.3) is 0 Å². The molecule has 0 unspecified atom stereocenters. The average Bonchev–Trinajstić information content (AvgIpc) is 2.73. The minimum Gasteiger partial charge on any atom is -0.370 e. The van der Waals surface area contributed by atoms with Crippen LogP contribution >= 0.6 is 0 Å². The molecule has 0 aliphatic heterocycles. The van der Waals surface area contributed by atoms with Gasteiger partial charge in [-0.1, -0.05) is 26.7 Å². The van der Waals surface area contributed by atoms with Crippen LogP contribution in [0.25, 0.3) is 0 Å². The van der Waals surface area contributed by atoms with E-state index in [-0.39, 0.29) is 24.1 Å². The summed E-state index contributed by atoms with van der Waals surface area (Å²) in [5, 5.41) is 2.95. The van der Waals surface area contributed by atoms with E-state index < -0.39 is 0 Å². The molecule has 0 aromatic heterocycles. The summed E-state index contributed by atoms with van der Waals surface area (Å²) in [7, 11) is 0. The van der Waals surface area contributed by atoms with Crippen molar-refractivity contribution in [3.63, 3.8) is 0 Å². The smallest absolute Gasteiger partial charge is 0.246 e. The Kier molecular flexibility index (Phi) is 5.92. The zero-order chi connectivity index (χ0) is 12.7. The van der Waals surface area contributed by atoms with Gasteiger partial charge in [-0.2, -0.15) is 0 Å². The van der Waals surface area contributed by atoms with Crippen molar-refractivity contribution in [2.24, 2.45) is 5.73 Å². The van der Waals surface area contributed by atoms with Gasteiger partial charge < -0.3 is 15.8 Å². The van der Waals surface area contributed by atoms with Crippen molar-refractivity contribution < 1.29 is 9.53 Å². The molecule has 1 amide bonds. The Bertz CT molecular complexity index is 234. The van der Waals surface area contributed by atoms with E-state index in [0.717, 1.165) is 25.7 Å². The number of nitrogens with one attached hydrogen (secondary N) is 1. The lowest BCUT2D eigenvalue weighted by Gasteiger charge is -2.23. The van der Waals surface area contributed by atoms with Crippen molar-refractivity contribution in [2.45, 2.75) is 64.0 Å². The van der Waals surface area contributed by atoms with Gasteiger partial charge >= 0.3 is 0 Å². The quantitative estimate of drug-likeness (QED) is 0.712. The predicted octanol–water partition coefficient (Wildman–Crippen LogP) is 1.58. The van der Waals surface area contributed by atoms with Crippen molar-refractivity contribution in [2.75, 3.05) is 13.2 Å². The first kappa shape index (κ1) is 14.5. The molecule has 1 aliphatic carbocycles. The predicted molar refractivity (Wildman–Crippen MR) is 68.7 cm³/mol. The molecule has 100 valence electrons. The van der Waals surface area contributed by atoms with Crippen LogP contribution in [0.4, 0.5) is 0 Å². The topological polar surface area (TPSA) is 64.3 Å². The Morgan fingerprint density at radius 1 is 1.35 bits per heavy atom. The molecule has 0 heterocycles. The molecule has 0 spiro atoms. The van der Waals surface area contributed by atoms with Gasteiger partial charge in [0.15, 0.2) is 0 Å². The molecule has 0 bridgehead atoms. The van der Waals surface area contributed by atoms with E-state index in [0.29, 0.717) is 6.61 Å². The fraction of sp³-hybridized carbons (Fsp3) is 0.923. The van der Waals surface area contributed by atoms with E-state index in [9.17, 15) is 4.79 Å². The maximum atomic E-state index is 11.6. The van der Waals surface area contributed by atoms with Gasteiger partial charge in [-0.15, -0.1) is 0 Å². The minimum absolute atomic E-state index is 0.0275. The average molecular weight is 242 g/mol. The maximum Gasteiger partial charge on any atom is 0.246 e. The van der Waals surface area contributed by atoms with E-state index >= 15 is 0 Å². The van der Waals surface area contributed by atoms with Gasteiger partial charge in [-0.05, 0) is 25.7 Å². The summed E-state index contributed by atoms with van der Waals surface area (Å²) in [4.78, 5) is 11.6. The zero-order valence-electron chi connectivity index (χ0n) is 11.1. The minimum atomic E-state index is -0.185. The van der Waals surface area contributed by atoms with Crippen LogP contribution in [0.5, 0.6) is 0 Å². The van der Waals surface area contributed by atoms with Gasteiger partial charge in [0, 0.05) is 11.6 Å². The van der Waals surface area contributed by atoms with E-state index in [1.54, 1.807) is 0 Å². The summed E-state index contributed by atoms with van der Waals surface area (Å²) in [5.74, 6) is -0.0275. The van der Waals surface area contributed by atoms with Crippen molar-refractivity contribution in [1.82, 2.24) is 5.32 Å². The Labute approximate surface area is 104 Å². The number of carbonyl (C=O) groups excluding carboxylic acids is 1. The lowest BCUT2D eigenvalue weighted by Crippen LogP contribution is -2.43. The van der Waals surface area contributed by atoms with Crippen LogP contribution in [-0.2, 0) is 9.53 Å². The maximum absolute atomic E-state index is 11.6. The zero-order valence-corrected chi connectivity index (χ0v) is 11.1. The lowest BCUT2D eigenvalue weighted by molar-refractivity contribution is -0.127. The molecule has 1 saturated carbocycles. The van der Waals surface area contributed by atoms with Crippen molar-refractivity contribution in [1.29, 1.82) is 0 Å². The third-order valence-corrected chi connectivity index (χ3v) is 3.57.